The lowest BCUT2D eigenvalue weighted by Crippen LogP contribution is -2.44. The largest absolute Gasteiger partial charge is 0.494 e. The first-order valence-electron chi connectivity index (χ1n) is 9.68. The number of fused-ring (bicyclic) bond motifs is 1. The van der Waals surface area contributed by atoms with Gasteiger partial charge in [-0.1, -0.05) is 24.3 Å². The van der Waals surface area contributed by atoms with Crippen molar-refractivity contribution in [1.82, 2.24) is 4.90 Å². The average molecular weight is 405 g/mol. The molecule has 9 heteroatoms. The van der Waals surface area contributed by atoms with Gasteiger partial charge in [-0.25, -0.2) is 8.78 Å². The lowest BCUT2D eigenvalue weighted by Gasteiger charge is -2.34. The van der Waals surface area contributed by atoms with Crippen LogP contribution in [-0.2, 0) is 21.2 Å². The van der Waals surface area contributed by atoms with Gasteiger partial charge in [0.15, 0.2) is 0 Å². The first-order valence-corrected chi connectivity index (χ1v) is 9.68. The highest BCUT2D eigenvalue weighted by Crippen LogP contribution is 2.38. The number of benzene rings is 2. The summed E-state index contributed by atoms with van der Waals surface area (Å²) < 4.78 is 41.0. The van der Waals surface area contributed by atoms with Crippen molar-refractivity contribution < 1.29 is 22.9 Å². The zero-order chi connectivity index (χ0) is 22.1. The number of carbonyl (C=O) groups excluding carboxylic acids is 1. The van der Waals surface area contributed by atoms with Gasteiger partial charge in [0.25, 0.3) is 5.91 Å². The highest BCUT2D eigenvalue weighted by Gasteiger charge is 2.52. The summed E-state index contributed by atoms with van der Waals surface area (Å²) in [6, 6.07) is 8.59. The summed E-state index contributed by atoms with van der Waals surface area (Å²) in [6.45, 7) is 7.44. The summed E-state index contributed by atoms with van der Waals surface area (Å²) in [5, 5.41) is -1.74. The van der Waals surface area contributed by atoms with Gasteiger partial charge in [0, 0.05) is 12.1 Å². The Kier molecular flexibility index (Phi) is 4.71. The maximum Gasteiger partial charge on any atom is 0.494 e. The van der Waals surface area contributed by atoms with Crippen LogP contribution in [0.1, 0.15) is 49.2 Å². The van der Waals surface area contributed by atoms with Crippen molar-refractivity contribution in [2.24, 2.45) is 0 Å². The van der Waals surface area contributed by atoms with Gasteiger partial charge >= 0.3 is 7.12 Å². The van der Waals surface area contributed by atoms with E-state index in [1.807, 2.05) is 27.7 Å². The van der Waals surface area contributed by atoms with Gasteiger partial charge in [-0.05, 0) is 56.2 Å². The van der Waals surface area contributed by atoms with Gasteiger partial charge in [0.1, 0.15) is 11.6 Å². The molecule has 0 aromatic heterocycles. The zero-order valence-corrected chi connectivity index (χ0v) is 17.3. The normalized spacial score (nSPS) is 21.2. The number of halogens is 2. The fraction of sp³-hybridized carbons (Fsp3) is 0.381. The molecule has 0 unspecified atom stereocenters. The van der Waals surface area contributed by atoms with Crippen LogP contribution >= 0.6 is 0 Å². The monoisotopic (exact) mass is 405 g/mol. The van der Waals surface area contributed by atoms with Crippen LogP contribution in [0.15, 0.2) is 36.4 Å². The number of hydrogen-bond donors (Lipinski definition) is 0. The van der Waals surface area contributed by atoms with Crippen molar-refractivity contribution in [3.05, 3.63) is 64.7 Å². The number of rotatable bonds is 3. The Hall–Kier alpha value is -2.12. The van der Waals surface area contributed by atoms with Gasteiger partial charge in [-0.2, -0.15) is 0 Å². The van der Waals surface area contributed by atoms with Gasteiger partial charge in [-0.15, -0.1) is 0 Å². The number of carbonyl (C=O) groups is 1. The summed E-state index contributed by atoms with van der Waals surface area (Å²) in [7, 11) is 11.6. The molecule has 2 aliphatic rings. The van der Waals surface area contributed by atoms with E-state index in [1.165, 1.54) is 24.3 Å². The van der Waals surface area contributed by atoms with E-state index in [-0.39, 0.29) is 23.2 Å². The molecule has 2 heterocycles. The topological polar surface area (TPSA) is 38.8 Å². The van der Waals surface area contributed by atoms with Crippen molar-refractivity contribution >= 4 is 34.2 Å². The molecule has 30 heavy (non-hydrogen) atoms. The Bertz CT molecular complexity index is 1030. The summed E-state index contributed by atoms with van der Waals surface area (Å²) in [6.07, 6.45) is 0. The lowest BCUT2D eigenvalue weighted by atomic mass is 9.58. The zero-order valence-electron chi connectivity index (χ0n) is 17.3. The highest BCUT2D eigenvalue weighted by atomic mass is 19.1. The maximum absolute atomic E-state index is 14.9. The summed E-state index contributed by atoms with van der Waals surface area (Å²) >= 11 is 0. The van der Waals surface area contributed by atoms with Gasteiger partial charge in [0.2, 0.25) is 0 Å². The minimum atomic E-state index is -1.74. The Morgan fingerprint density at radius 2 is 1.63 bits per heavy atom. The van der Waals surface area contributed by atoms with E-state index in [0.717, 1.165) is 11.0 Å². The first-order chi connectivity index (χ1) is 13.8. The molecule has 0 saturated carbocycles. The molecule has 0 bridgehead atoms. The van der Waals surface area contributed by atoms with Crippen molar-refractivity contribution in [2.75, 3.05) is 0 Å². The van der Waals surface area contributed by atoms with E-state index in [4.69, 9.17) is 25.0 Å². The van der Waals surface area contributed by atoms with E-state index in [2.05, 4.69) is 0 Å². The van der Waals surface area contributed by atoms with E-state index in [1.54, 1.807) is 6.07 Å². The Balaban J connectivity index is 1.60. The fourth-order valence-electron chi connectivity index (χ4n) is 3.71. The Morgan fingerprint density at radius 1 is 1.00 bits per heavy atom. The third-order valence-corrected chi connectivity index (χ3v) is 6.28. The molecule has 2 aromatic rings. The fourth-order valence-corrected chi connectivity index (χ4v) is 3.71. The molecule has 2 aliphatic heterocycles. The second-order valence-corrected chi connectivity index (χ2v) is 8.82. The standard InChI is InChI=1S/C21H20B3F2NO3/c1-19(2)20(3,4)30-24(29-19)13-9-8-12(16(26)10-13)11-27-18(28)17-14(21(27,22)23)6-5-7-15(17)25/h5-10H,11H2,1-4H3. The number of hydrogen-bond acceptors (Lipinski definition) is 3. The van der Waals surface area contributed by atoms with Gasteiger partial charge < -0.3 is 14.2 Å². The highest BCUT2D eigenvalue weighted by molar-refractivity contribution is 6.62. The Labute approximate surface area is 177 Å². The quantitative estimate of drug-likeness (QED) is 0.737. The maximum atomic E-state index is 14.9. The molecule has 1 fully saturated rings. The van der Waals surface area contributed by atoms with Crippen LogP contribution in [0.3, 0.4) is 0 Å². The summed E-state index contributed by atoms with van der Waals surface area (Å²) in [4.78, 5) is 13.8. The second-order valence-electron chi connectivity index (χ2n) is 8.82. The van der Waals surface area contributed by atoms with Crippen LogP contribution in [0.2, 0.25) is 0 Å². The molecule has 0 atom stereocenters. The molecule has 4 radical (unpaired) electrons. The molecule has 4 nitrogen and oxygen atoms in total. The van der Waals surface area contributed by atoms with Crippen LogP contribution in [0.5, 0.6) is 0 Å². The third-order valence-electron chi connectivity index (χ3n) is 6.28. The molecule has 0 spiro atoms. The molecule has 1 saturated heterocycles. The lowest BCUT2D eigenvalue weighted by molar-refractivity contribution is 0.00578. The minimum absolute atomic E-state index is 0.168. The predicted octanol–water partition coefficient (Wildman–Crippen LogP) is 2.37. The number of nitrogens with zero attached hydrogens (tertiary/aromatic N) is 1. The van der Waals surface area contributed by atoms with Crippen LogP contribution in [0.4, 0.5) is 8.78 Å². The van der Waals surface area contributed by atoms with E-state index < -0.39 is 41.2 Å². The molecule has 4 rings (SSSR count). The SMILES string of the molecule is [B]C1([B])c2cccc(F)c2C(=O)N1Cc1ccc(B2OC(C)(C)C(C)(C)O2)cc1F. The summed E-state index contributed by atoms with van der Waals surface area (Å²) in [5.74, 6) is -1.96. The van der Waals surface area contributed by atoms with Crippen LogP contribution in [-0.4, -0.2) is 44.8 Å². The average Bonchev–Trinajstić information content (AvgIpc) is 2.98. The molecular weight excluding hydrogens is 385 g/mol. The second kappa shape index (κ2) is 6.69. The molecular formula is C21H20B3F2NO3. The van der Waals surface area contributed by atoms with E-state index in [9.17, 15) is 13.6 Å². The van der Waals surface area contributed by atoms with E-state index in [0.29, 0.717) is 5.46 Å². The van der Waals surface area contributed by atoms with Crippen LogP contribution in [0, 0.1) is 11.6 Å². The van der Waals surface area contributed by atoms with Crippen molar-refractivity contribution in [3.63, 3.8) is 0 Å². The van der Waals surface area contributed by atoms with Gasteiger partial charge in [0.05, 0.1) is 32.5 Å². The molecule has 0 aliphatic carbocycles. The van der Waals surface area contributed by atoms with Crippen molar-refractivity contribution in [3.8, 4) is 0 Å². The van der Waals surface area contributed by atoms with E-state index >= 15 is 0 Å². The smallest absolute Gasteiger partial charge is 0.399 e. The summed E-state index contributed by atoms with van der Waals surface area (Å²) in [5.41, 5.74) is -0.411. The van der Waals surface area contributed by atoms with Crippen LogP contribution < -0.4 is 5.46 Å². The van der Waals surface area contributed by atoms with Crippen molar-refractivity contribution in [2.45, 2.75) is 50.8 Å². The number of amides is 1. The van der Waals surface area contributed by atoms with Crippen molar-refractivity contribution in [1.29, 1.82) is 0 Å². The molecule has 2 aromatic carbocycles. The predicted molar refractivity (Wildman–Crippen MR) is 112 cm³/mol. The van der Waals surface area contributed by atoms with Gasteiger partial charge in [-0.3, -0.25) is 4.79 Å². The first kappa shape index (κ1) is 21.1. The molecule has 1 amide bonds. The third kappa shape index (κ3) is 3.10. The van der Waals surface area contributed by atoms with Crippen LogP contribution in [0.25, 0.3) is 0 Å². The molecule has 150 valence electrons. The molecule has 0 N–H and O–H groups in total. The Morgan fingerprint density at radius 3 is 2.20 bits per heavy atom. The minimum Gasteiger partial charge on any atom is -0.399 e.